The van der Waals surface area contributed by atoms with Gasteiger partial charge in [-0.05, 0) is 20.9 Å². The topological polar surface area (TPSA) is 46.2 Å². The van der Waals surface area contributed by atoms with Gasteiger partial charge in [0.15, 0.2) is 0 Å². The average Bonchev–Trinajstić information content (AvgIpc) is 1.98. The van der Waals surface area contributed by atoms with E-state index in [1.165, 1.54) is 6.92 Å². The van der Waals surface area contributed by atoms with Crippen molar-refractivity contribution in [3.8, 4) is 0 Å². The molecule has 0 aromatic heterocycles. The number of rotatable bonds is 5. The summed E-state index contributed by atoms with van der Waals surface area (Å²) >= 11 is 0. The summed E-state index contributed by atoms with van der Waals surface area (Å²) in [6.45, 7) is 3.75. The SMILES string of the molecule is CNCCC(=O)C(C)C(C)=O. The molecule has 11 heavy (non-hydrogen) atoms. The molecule has 0 bridgehead atoms. The van der Waals surface area contributed by atoms with E-state index in [4.69, 9.17) is 0 Å². The molecule has 0 saturated heterocycles. The molecule has 3 heteroatoms. The first-order chi connectivity index (χ1) is 5.09. The van der Waals surface area contributed by atoms with Gasteiger partial charge in [0.25, 0.3) is 0 Å². The fourth-order valence-corrected chi connectivity index (χ4v) is 0.691. The van der Waals surface area contributed by atoms with E-state index in [-0.39, 0.29) is 11.6 Å². The third kappa shape index (κ3) is 3.88. The zero-order valence-corrected chi connectivity index (χ0v) is 7.31. The summed E-state index contributed by atoms with van der Waals surface area (Å²) in [6.07, 6.45) is 0.442. The summed E-state index contributed by atoms with van der Waals surface area (Å²) in [7, 11) is 1.78. The highest BCUT2D eigenvalue weighted by Gasteiger charge is 2.15. The molecule has 1 unspecified atom stereocenters. The Balaban J connectivity index is 3.74. The lowest BCUT2D eigenvalue weighted by Gasteiger charge is -2.04. The lowest BCUT2D eigenvalue weighted by Crippen LogP contribution is -2.22. The highest BCUT2D eigenvalue weighted by molar-refractivity contribution is 6.00. The summed E-state index contributed by atoms with van der Waals surface area (Å²) in [5.41, 5.74) is 0. The first-order valence-electron chi connectivity index (χ1n) is 3.77. The minimum atomic E-state index is -0.427. The number of Topliss-reactive ketones (excluding diaryl/α,β-unsaturated/α-hetero) is 2. The van der Waals surface area contributed by atoms with Gasteiger partial charge in [-0.25, -0.2) is 0 Å². The van der Waals surface area contributed by atoms with Gasteiger partial charge in [0.05, 0.1) is 5.92 Å². The number of nitrogens with one attached hydrogen (secondary N) is 1. The Morgan fingerprint density at radius 3 is 2.36 bits per heavy atom. The minimum Gasteiger partial charge on any atom is -0.319 e. The molecule has 1 atom stereocenters. The van der Waals surface area contributed by atoms with Crippen LogP contribution in [0.15, 0.2) is 0 Å². The van der Waals surface area contributed by atoms with Crippen molar-refractivity contribution in [2.24, 2.45) is 5.92 Å². The molecular weight excluding hydrogens is 142 g/mol. The maximum Gasteiger partial charge on any atom is 0.144 e. The van der Waals surface area contributed by atoms with Gasteiger partial charge >= 0.3 is 0 Å². The summed E-state index contributed by atoms with van der Waals surface area (Å²) in [6, 6.07) is 0. The molecule has 0 aromatic rings. The second-order valence-electron chi connectivity index (χ2n) is 2.65. The number of ketones is 2. The van der Waals surface area contributed by atoms with E-state index in [1.807, 2.05) is 0 Å². The Hall–Kier alpha value is -0.700. The smallest absolute Gasteiger partial charge is 0.144 e. The van der Waals surface area contributed by atoms with Crippen LogP contribution in [0.2, 0.25) is 0 Å². The number of carbonyl (C=O) groups excluding carboxylic acids is 2. The zero-order valence-electron chi connectivity index (χ0n) is 7.31. The van der Waals surface area contributed by atoms with Crippen LogP contribution in [0, 0.1) is 5.92 Å². The van der Waals surface area contributed by atoms with Gasteiger partial charge in [-0.3, -0.25) is 9.59 Å². The molecule has 0 heterocycles. The fraction of sp³-hybridized carbons (Fsp3) is 0.750. The Labute approximate surface area is 67.2 Å². The molecule has 64 valence electrons. The third-order valence-electron chi connectivity index (χ3n) is 1.71. The molecule has 0 aromatic carbocycles. The molecule has 0 aliphatic heterocycles. The Kier molecular flexibility index (Phi) is 4.70. The molecule has 0 radical (unpaired) electrons. The van der Waals surface area contributed by atoms with Crippen LogP contribution in [-0.2, 0) is 9.59 Å². The van der Waals surface area contributed by atoms with Crippen LogP contribution in [0.3, 0.4) is 0 Å². The van der Waals surface area contributed by atoms with E-state index in [9.17, 15) is 9.59 Å². The van der Waals surface area contributed by atoms with Gasteiger partial charge in [-0.2, -0.15) is 0 Å². The first-order valence-corrected chi connectivity index (χ1v) is 3.77. The maximum atomic E-state index is 11.1. The third-order valence-corrected chi connectivity index (χ3v) is 1.71. The summed E-state index contributed by atoms with van der Waals surface area (Å²) in [5.74, 6) is -0.457. The first kappa shape index (κ1) is 10.3. The van der Waals surface area contributed by atoms with Crippen molar-refractivity contribution in [3.05, 3.63) is 0 Å². The lowest BCUT2D eigenvalue weighted by molar-refractivity contribution is -0.130. The van der Waals surface area contributed by atoms with E-state index in [0.29, 0.717) is 13.0 Å². The highest BCUT2D eigenvalue weighted by Crippen LogP contribution is 2.00. The van der Waals surface area contributed by atoms with Crippen molar-refractivity contribution in [2.45, 2.75) is 20.3 Å². The van der Waals surface area contributed by atoms with Gasteiger partial charge in [-0.1, -0.05) is 0 Å². The minimum absolute atomic E-state index is 0.0202. The van der Waals surface area contributed by atoms with Crippen molar-refractivity contribution in [1.29, 1.82) is 0 Å². The predicted molar refractivity (Wildman–Crippen MR) is 43.4 cm³/mol. The predicted octanol–water partition coefficient (Wildman–Crippen LogP) is 0.390. The molecule has 0 fully saturated rings. The van der Waals surface area contributed by atoms with Gasteiger partial charge < -0.3 is 5.32 Å². The monoisotopic (exact) mass is 157 g/mol. The second-order valence-corrected chi connectivity index (χ2v) is 2.65. The number of carbonyl (C=O) groups is 2. The molecule has 0 amide bonds. The summed E-state index contributed by atoms with van der Waals surface area (Å²) in [4.78, 5) is 21.8. The van der Waals surface area contributed by atoms with E-state index in [1.54, 1.807) is 14.0 Å². The van der Waals surface area contributed by atoms with E-state index in [2.05, 4.69) is 5.32 Å². The maximum absolute atomic E-state index is 11.1. The van der Waals surface area contributed by atoms with Crippen molar-refractivity contribution < 1.29 is 9.59 Å². The standard InChI is InChI=1S/C8H15NO2/c1-6(7(2)10)8(11)4-5-9-3/h6,9H,4-5H2,1-3H3. The van der Waals surface area contributed by atoms with E-state index in [0.717, 1.165) is 0 Å². The molecule has 3 nitrogen and oxygen atoms in total. The molecule has 1 N–H and O–H groups in total. The van der Waals surface area contributed by atoms with Crippen LogP contribution in [0.4, 0.5) is 0 Å². The summed E-state index contributed by atoms with van der Waals surface area (Å²) in [5, 5.41) is 2.86. The lowest BCUT2D eigenvalue weighted by atomic mass is 10.0. The quantitative estimate of drug-likeness (QED) is 0.587. The van der Waals surface area contributed by atoms with Crippen LogP contribution < -0.4 is 5.32 Å². The molecule has 0 spiro atoms. The van der Waals surface area contributed by atoms with Crippen LogP contribution in [0.1, 0.15) is 20.3 Å². The van der Waals surface area contributed by atoms with Crippen molar-refractivity contribution >= 4 is 11.6 Å². The number of hydrogen-bond acceptors (Lipinski definition) is 3. The Morgan fingerprint density at radius 1 is 1.45 bits per heavy atom. The van der Waals surface area contributed by atoms with Gasteiger partial charge in [0.1, 0.15) is 11.6 Å². The molecule has 0 aliphatic carbocycles. The normalized spacial score (nSPS) is 12.6. The van der Waals surface area contributed by atoms with Crippen molar-refractivity contribution in [1.82, 2.24) is 5.32 Å². The molecule has 0 rings (SSSR count). The van der Waals surface area contributed by atoms with Crippen molar-refractivity contribution in [2.75, 3.05) is 13.6 Å². The van der Waals surface area contributed by atoms with E-state index < -0.39 is 5.92 Å². The molecule has 0 aliphatic rings. The number of hydrogen-bond donors (Lipinski definition) is 1. The zero-order chi connectivity index (χ0) is 8.85. The van der Waals surface area contributed by atoms with Crippen LogP contribution in [0.25, 0.3) is 0 Å². The van der Waals surface area contributed by atoms with Crippen LogP contribution in [-0.4, -0.2) is 25.2 Å². The van der Waals surface area contributed by atoms with Crippen LogP contribution >= 0.6 is 0 Å². The van der Waals surface area contributed by atoms with Crippen LogP contribution in [0.5, 0.6) is 0 Å². The van der Waals surface area contributed by atoms with Gasteiger partial charge in [-0.15, -0.1) is 0 Å². The van der Waals surface area contributed by atoms with Gasteiger partial charge in [0.2, 0.25) is 0 Å². The average molecular weight is 157 g/mol. The summed E-state index contributed by atoms with van der Waals surface area (Å²) < 4.78 is 0. The Morgan fingerprint density at radius 2 is 2.00 bits per heavy atom. The van der Waals surface area contributed by atoms with Gasteiger partial charge in [0, 0.05) is 13.0 Å². The largest absolute Gasteiger partial charge is 0.319 e. The Bertz CT molecular complexity index is 154. The van der Waals surface area contributed by atoms with Crippen molar-refractivity contribution in [3.63, 3.8) is 0 Å². The molecular formula is C8H15NO2. The fourth-order valence-electron chi connectivity index (χ4n) is 0.691. The highest BCUT2D eigenvalue weighted by atomic mass is 16.1. The second kappa shape index (κ2) is 5.02. The molecule has 0 saturated carbocycles. The van der Waals surface area contributed by atoms with E-state index >= 15 is 0 Å².